The highest BCUT2D eigenvalue weighted by Gasteiger charge is 2.18. The third kappa shape index (κ3) is 5.56. The lowest BCUT2D eigenvalue weighted by Gasteiger charge is -2.12. The maximum atomic E-state index is 12.2. The largest absolute Gasteiger partial charge is 0.452 e. The van der Waals surface area contributed by atoms with E-state index in [1.54, 1.807) is 18.2 Å². The topological polar surface area (TPSA) is 92.8 Å². The van der Waals surface area contributed by atoms with Crippen LogP contribution in [0.15, 0.2) is 83.8 Å². The summed E-state index contributed by atoms with van der Waals surface area (Å²) < 4.78 is 30.5. The van der Waals surface area contributed by atoms with Gasteiger partial charge in [0.25, 0.3) is 5.91 Å². The molecule has 3 rings (SSSR count). The molecule has 0 spiro atoms. The Balaban J connectivity index is 1.58. The van der Waals surface area contributed by atoms with Gasteiger partial charge in [-0.25, -0.2) is 17.5 Å². The molecule has 0 aromatic heterocycles. The number of sulfonamides is 1. The van der Waals surface area contributed by atoms with E-state index in [2.05, 4.69) is 5.32 Å². The lowest BCUT2D eigenvalue weighted by Crippen LogP contribution is -2.23. The quantitative estimate of drug-likeness (QED) is 0.571. The fourth-order valence-corrected chi connectivity index (χ4v) is 3.73. The zero-order valence-corrected chi connectivity index (χ0v) is 17.9. The van der Waals surface area contributed by atoms with Gasteiger partial charge < -0.3 is 10.1 Å². The minimum absolute atomic E-state index is 0.0470. The number of benzene rings is 3. The van der Waals surface area contributed by atoms with E-state index < -0.39 is 28.5 Å². The van der Waals surface area contributed by atoms with Crippen molar-refractivity contribution in [1.82, 2.24) is 4.31 Å². The fraction of sp³-hybridized carbons (Fsp3) is 0.130. The fourth-order valence-electron chi connectivity index (χ4n) is 2.79. The van der Waals surface area contributed by atoms with Gasteiger partial charge in [-0.1, -0.05) is 48.5 Å². The van der Waals surface area contributed by atoms with Crippen molar-refractivity contribution < 1.29 is 22.7 Å². The van der Waals surface area contributed by atoms with Crippen molar-refractivity contribution in [2.45, 2.75) is 4.90 Å². The number of carbonyl (C=O) groups excluding carboxylic acids is 2. The van der Waals surface area contributed by atoms with E-state index >= 15 is 0 Å². The molecule has 0 fully saturated rings. The number of rotatable bonds is 7. The van der Waals surface area contributed by atoms with Crippen molar-refractivity contribution >= 4 is 27.6 Å². The number of carbonyl (C=O) groups is 2. The van der Waals surface area contributed by atoms with Gasteiger partial charge in [0.2, 0.25) is 10.0 Å². The first-order valence-electron chi connectivity index (χ1n) is 9.42. The maximum absolute atomic E-state index is 12.2. The molecule has 0 bridgehead atoms. The van der Waals surface area contributed by atoms with E-state index in [0.29, 0.717) is 5.56 Å². The molecule has 0 unspecified atom stereocenters. The Kier molecular flexibility index (Phi) is 6.84. The maximum Gasteiger partial charge on any atom is 0.338 e. The van der Waals surface area contributed by atoms with E-state index in [1.165, 1.54) is 32.3 Å². The van der Waals surface area contributed by atoms with Crippen molar-refractivity contribution in [3.63, 3.8) is 0 Å². The van der Waals surface area contributed by atoms with Crippen molar-refractivity contribution in [1.29, 1.82) is 0 Å². The summed E-state index contributed by atoms with van der Waals surface area (Å²) >= 11 is 0. The van der Waals surface area contributed by atoms with Gasteiger partial charge >= 0.3 is 5.97 Å². The minimum atomic E-state index is -3.62. The summed E-state index contributed by atoms with van der Waals surface area (Å²) in [5.41, 5.74) is 2.60. The van der Waals surface area contributed by atoms with E-state index in [0.717, 1.165) is 15.4 Å². The number of nitrogens with zero attached hydrogens (tertiary/aromatic N) is 1. The number of anilines is 1. The van der Waals surface area contributed by atoms with Crippen LogP contribution in [0.4, 0.5) is 5.69 Å². The van der Waals surface area contributed by atoms with E-state index in [9.17, 15) is 18.0 Å². The smallest absolute Gasteiger partial charge is 0.338 e. The molecule has 1 N–H and O–H groups in total. The monoisotopic (exact) mass is 438 g/mol. The number of ether oxygens (including phenoxy) is 1. The van der Waals surface area contributed by atoms with Gasteiger partial charge in [-0.2, -0.15) is 0 Å². The van der Waals surface area contributed by atoms with Crippen molar-refractivity contribution in [2.24, 2.45) is 0 Å². The summed E-state index contributed by atoms with van der Waals surface area (Å²) in [6.45, 7) is -0.496. The first-order valence-corrected chi connectivity index (χ1v) is 10.9. The molecule has 0 radical (unpaired) electrons. The number of hydrogen-bond donors (Lipinski definition) is 1. The first kappa shape index (κ1) is 22.2. The Morgan fingerprint density at radius 2 is 1.52 bits per heavy atom. The van der Waals surface area contributed by atoms with Crippen LogP contribution >= 0.6 is 0 Å². The highest BCUT2D eigenvalue weighted by molar-refractivity contribution is 7.89. The van der Waals surface area contributed by atoms with Gasteiger partial charge in [-0.15, -0.1) is 0 Å². The van der Waals surface area contributed by atoms with E-state index in [4.69, 9.17) is 4.74 Å². The summed E-state index contributed by atoms with van der Waals surface area (Å²) in [6.07, 6.45) is 0. The summed E-state index contributed by atoms with van der Waals surface area (Å²) in [6, 6.07) is 22.5. The lowest BCUT2D eigenvalue weighted by molar-refractivity contribution is -0.119. The molecule has 8 heteroatoms. The second-order valence-corrected chi connectivity index (χ2v) is 9.03. The molecule has 0 heterocycles. The van der Waals surface area contributed by atoms with Gasteiger partial charge in [0.05, 0.1) is 10.5 Å². The van der Waals surface area contributed by atoms with Gasteiger partial charge in [0.1, 0.15) is 0 Å². The molecule has 0 aliphatic carbocycles. The second-order valence-electron chi connectivity index (χ2n) is 6.88. The average Bonchev–Trinajstić information content (AvgIpc) is 2.78. The van der Waals surface area contributed by atoms with Gasteiger partial charge in [-0.05, 0) is 41.5 Å². The van der Waals surface area contributed by atoms with E-state index in [-0.39, 0.29) is 10.6 Å². The zero-order chi connectivity index (χ0) is 22.4. The molecule has 160 valence electrons. The average molecular weight is 439 g/mol. The van der Waals surface area contributed by atoms with Crippen LogP contribution in [0.1, 0.15) is 10.4 Å². The van der Waals surface area contributed by atoms with Crippen LogP contribution in [0.5, 0.6) is 0 Å². The molecule has 3 aromatic rings. The van der Waals surface area contributed by atoms with Crippen LogP contribution in [0.25, 0.3) is 11.1 Å². The van der Waals surface area contributed by atoms with Gasteiger partial charge in [0, 0.05) is 19.8 Å². The normalized spacial score (nSPS) is 11.2. The predicted octanol–water partition coefficient (Wildman–Crippen LogP) is 3.40. The molecule has 0 saturated carbocycles. The Hall–Kier alpha value is -3.49. The third-order valence-electron chi connectivity index (χ3n) is 4.46. The molecular formula is C23H22N2O5S. The van der Waals surface area contributed by atoms with Crippen LogP contribution in [-0.4, -0.2) is 45.3 Å². The standard InChI is InChI=1S/C23H22N2O5S/c1-25(2)31(28,29)21-10-6-9-20(15-21)24-22(26)16-30-23(27)19-13-11-18(12-14-19)17-7-4-3-5-8-17/h3-15H,16H2,1-2H3,(H,24,26). The van der Waals surface area contributed by atoms with Crippen molar-refractivity contribution in [3.8, 4) is 11.1 Å². The molecule has 31 heavy (non-hydrogen) atoms. The third-order valence-corrected chi connectivity index (χ3v) is 6.27. The van der Waals surface area contributed by atoms with Crippen LogP contribution in [0, 0.1) is 0 Å². The molecule has 3 aromatic carbocycles. The number of nitrogens with one attached hydrogen (secondary N) is 1. The minimum Gasteiger partial charge on any atom is -0.452 e. The highest BCUT2D eigenvalue weighted by atomic mass is 32.2. The number of hydrogen-bond acceptors (Lipinski definition) is 5. The number of amides is 1. The van der Waals surface area contributed by atoms with Gasteiger partial charge in [0.15, 0.2) is 6.61 Å². The van der Waals surface area contributed by atoms with Crippen molar-refractivity contribution in [3.05, 3.63) is 84.4 Å². The molecule has 0 saturated heterocycles. The Morgan fingerprint density at radius 3 is 2.16 bits per heavy atom. The van der Waals surface area contributed by atoms with Crippen LogP contribution in [0.3, 0.4) is 0 Å². The SMILES string of the molecule is CN(C)S(=O)(=O)c1cccc(NC(=O)COC(=O)c2ccc(-c3ccccc3)cc2)c1. The summed E-state index contributed by atoms with van der Waals surface area (Å²) in [4.78, 5) is 24.4. The zero-order valence-electron chi connectivity index (χ0n) is 17.1. The summed E-state index contributed by atoms with van der Waals surface area (Å²) in [5.74, 6) is -1.20. The van der Waals surface area contributed by atoms with Crippen LogP contribution < -0.4 is 5.32 Å². The molecular weight excluding hydrogens is 416 g/mol. The Morgan fingerprint density at radius 1 is 0.871 bits per heavy atom. The second kappa shape index (κ2) is 9.55. The Bertz CT molecular complexity index is 1170. The summed E-state index contributed by atoms with van der Waals surface area (Å²) in [7, 11) is -0.778. The first-order chi connectivity index (χ1) is 14.8. The Labute approximate surface area is 181 Å². The predicted molar refractivity (Wildman–Crippen MR) is 118 cm³/mol. The lowest BCUT2D eigenvalue weighted by atomic mass is 10.0. The van der Waals surface area contributed by atoms with Crippen molar-refractivity contribution in [2.75, 3.05) is 26.0 Å². The van der Waals surface area contributed by atoms with Crippen LogP contribution in [-0.2, 0) is 19.6 Å². The highest BCUT2D eigenvalue weighted by Crippen LogP contribution is 2.20. The van der Waals surface area contributed by atoms with Gasteiger partial charge in [-0.3, -0.25) is 4.79 Å². The molecule has 0 atom stereocenters. The molecule has 1 amide bonds. The number of esters is 1. The molecule has 0 aliphatic heterocycles. The van der Waals surface area contributed by atoms with E-state index in [1.807, 2.05) is 42.5 Å². The molecule has 0 aliphatic rings. The van der Waals surface area contributed by atoms with Crippen LogP contribution in [0.2, 0.25) is 0 Å². The summed E-state index contributed by atoms with van der Waals surface area (Å²) in [5, 5.41) is 2.53. The molecule has 7 nitrogen and oxygen atoms in total.